The van der Waals surface area contributed by atoms with Crippen LogP contribution in [0.4, 0.5) is 0 Å². The molecule has 3 rings (SSSR count). The maximum Gasteiger partial charge on any atom is 0.244 e. The number of hydrogen-bond donors (Lipinski definition) is 2. The first-order valence-corrected chi connectivity index (χ1v) is 10.2. The highest BCUT2D eigenvalue weighted by molar-refractivity contribution is 7.12. The molecule has 0 saturated carbocycles. The van der Waals surface area contributed by atoms with Crippen molar-refractivity contribution < 1.29 is 14.0 Å². The van der Waals surface area contributed by atoms with Gasteiger partial charge in [0.15, 0.2) is 0 Å². The number of aryl methyl sites for hydroxylation is 1. The van der Waals surface area contributed by atoms with E-state index < -0.39 is 0 Å². The second kappa shape index (κ2) is 10.0. The zero-order valence-electron chi connectivity index (χ0n) is 15.8. The summed E-state index contributed by atoms with van der Waals surface area (Å²) in [6.45, 7) is 2.60. The maximum absolute atomic E-state index is 12.0. The Balaban J connectivity index is 1.42. The monoisotopic (exact) mass is 429 g/mol. The van der Waals surface area contributed by atoms with E-state index in [9.17, 15) is 9.59 Å². The molecule has 8 heteroatoms. The molecule has 0 aliphatic heterocycles. The number of amides is 2. The van der Waals surface area contributed by atoms with E-state index in [1.807, 2.05) is 31.2 Å². The van der Waals surface area contributed by atoms with Crippen molar-refractivity contribution >= 4 is 40.8 Å². The van der Waals surface area contributed by atoms with E-state index in [-0.39, 0.29) is 24.8 Å². The van der Waals surface area contributed by atoms with E-state index in [0.717, 1.165) is 21.1 Å². The van der Waals surface area contributed by atoms with Gasteiger partial charge in [0.1, 0.15) is 10.8 Å². The smallest absolute Gasteiger partial charge is 0.244 e. The van der Waals surface area contributed by atoms with Gasteiger partial charge in [-0.15, -0.1) is 11.3 Å². The Morgan fingerprint density at radius 3 is 2.72 bits per heavy atom. The Labute approximate surface area is 177 Å². The van der Waals surface area contributed by atoms with Crippen LogP contribution in [0.1, 0.15) is 22.1 Å². The maximum atomic E-state index is 12.0. The van der Waals surface area contributed by atoms with Crippen LogP contribution in [0.25, 0.3) is 17.3 Å². The first-order valence-electron chi connectivity index (χ1n) is 8.99. The Morgan fingerprint density at radius 1 is 1.21 bits per heavy atom. The van der Waals surface area contributed by atoms with Gasteiger partial charge in [0.05, 0.1) is 18.5 Å². The SMILES string of the molecule is Cc1sc(CNC(=O)CCNC(=O)/C=C/c2ccco2)nc1-c1ccc(Cl)cc1. The molecule has 2 aromatic heterocycles. The van der Waals surface area contributed by atoms with Crippen LogP contribution in [-0.2, 0) is 16.1 Å². The fourth-order valence-electron chi connectivity index (χ4n) is 2.57. The minimum Gasteiger partial charge on any atom is -0.465 e. The third-order valence-electron chi connectivity index (χ3n) is 3.99. The van der Waals surface area contributed by atoms with Crippen LogP contribution >= 0.6 is 22.9 Å². The van der Waals surface area contributed by atoms with E-state index in [1.165, 1.54) is 12.3 Å². The minimum absolute atomic E-state index is 0.152. The standard InChI is InChI=1S/C21H20ClN3O3S/c1-14-21(15-4-6-16(22)7-5-15)25-20(29-14)13-24-19(27)10-11-23-18(26)9-8-17-3-2-12-28-17/h2-9,12H,10-11,13H2,1H3,(H,23,26)(H,24,27)/b9-8+. The van der Waals surface area contributed by atoms with Gasteiger partial charge in [-0.2, -0.15) is 0 Å². The fourth-order valence-corrected chi connectivity index (χ4v) is 3.59. The largest absolute Gasteiger partial charge is 0.465 e. The molecule has 1 aromatic carbocycles. The highest BCUT2D eigenvalue weighted by atomic mass is 35.5. The van der Waals surface area contributed by atoms with E-state index in [4.69, 9.17) is 16.0 Å². The minimum atomic E-state index is -0.280. The molecule has 3 aromatic rings. The number of benzene rings is 1. The van der Waals surface area contributed by atoms with Gasteiger partial charge in [-0.3, -0.25) is 9.59 Å². The fraction of sp³-hybridized carbons (Fsp3) is 0.190. The Hall–Kier alpha value is -2.90. The van der Waals surface area contributed by atoms with Crippen LogP contribution in [0.3, 0.4) is 0 Å². The van der Waals surface area contributed by atoms with Crippen LogP contribution < -0.4 is 10.6 Å². The number of hydrogen-bond acceptors (Lipinski definition) is 5. The van der Waals surface area contributed by atoms with Gasteiger partial charge in [0.25, 0.3) is 0 Å². The zero-order chi connectivity index (χ0) is 20.6. The second-order valence-electron chi connectivity index (χ2n) is 6.19. The third-order valence-corrected chi connectivity index (χ3v) is 5.21. The number of nitrogens with zero attached hydrogens (tertiary/aromatic N) is 1. The first kappa shape index (κ1) is 20.8. The number of carbonyl (C=O) groups is 2. The van der Waals surface area contributed by atoms with Crippen molar-refractivity contribution in [2.24, 2.45) is 0 Å². The molecule has 29 heavy (non-hydrogen) atoms. The van der Waals surface area contributed by atoms with Crippen molar-refractivity contribution in [1.29, 1.82) is 0 Å². The molecule has 2 amide bonds. The zero-order valence-corrected chi connectivity index (χ0v) is 17.3. The van der Waals surface area contributed by atoms with Gasteiger partial charge >= 0.3 is 0 Å². The molecule has 0 radical (unpaired) electrons. The van der Waals surface area contributed by atoms with Gasteiger partial charge in [0, 0.05) is 34.5 Å². The van der Waals surface area contributed by atoms with Crippen molar-refractivity contribution in [2.75, 3.05) is 6.54 Å². The van der Waals surface area contributed by atoms with E-state index in [2.05, 4.69) is 15.6 Å². The molecule has 0 aliphatic carbocycles. The quantitative estimate of drug-likeness (QED) is 0.525. The van der Waals surface area contributed by atoms with Crippen molar-refractivity contribution in [3.8, 4) is 11.3 Å². The summed E-state index contributed by atoms with van der Waals surface area (Å²) in [4.78, 5) is 29.4. The number of halogens is 1. The summed E-state index contributed by atoms with van der Waals surface area (Å²) in [6.07, 6.45) is 4.66. The second-order valence-corrected chi connectivity index (χ2v) is 7.91. The highest BCUT2D eigenvalue weighted by Crippen LogP contribution is 2.28. The van der Waals surface area contributed by atoms with Gasteiger partial charge in [-0.25, -0.2) is 4.98 Å². The van der Waals surface area contributed by atoms with Crippen LogP contribution in [0.15, 0.2) is 53.2 Å². The third kappa shape index (κ3) is 6.30. The van der Waals surface area contributed by atoms with Gasteiger partial charge in [0.2, 0.25) is 11.8 Å². The van der Waals surface area contributed by atoms with Crippen LogP contribution in [0.2, 0.25) is 5.02 Å². The molecule has 0 spiro atoms. The van der Waals surface area contributed by atoms with Crippen LogP contribution in [-0.4, -0.2) is 23.3 Å². The lowest BCUT2D eigenvalue weighted by Crippen LogP contribution is -2.29. The molecule has 0 unspecified atom stereocenters. The summed E-state index contributed by atoms with van der Waals surface area (Å²) in [5, 5.41) is 7.00. The Morgan fingerprint density at radius 2 is 2.00 bits per heavy atom. The Kier molecular flexibility index (Phi) is 7.21. The molecule has 0 saturated heterocycles. The summed E-state index contributed by atoms with van der Waals surface area (Å²) >= 11 is 7.47. The Bertz CT molecular complexity index is 995. The number of nitrogens with one attached hydrogen (secondary N) is 2. The van der Waals surface area contributed by atoms with Gasteiger partial charge < -0.3 is 15.1 Å². The average Bonchev–Trinajstić information content (AvgIpc) is 3.35. The normalized spacial score (nSPS) is 11.0. The van der Waals surface area contributed by atoms with Gasteiger partial charge in [-0.1, -0.05) is 23.7 Å². The molecule has 0 atom stereocenters. The van der Waals surface area contributed by atoms with E-state index in [1.54, 1.807) is 29.5 Å². The predicted octanol–water partition coefficient (Wildman–Crippen LogP) is 4.20. The summed E-state index contributed by atoms with van der Waals surface area (Å²) < 4.78 is 5.10. The number of rotatable bonds is 8. The van der Waals surface area contributed by atoms with Crippen molar-refractivity contribution in [1.82, 2.24) is 15.6 Å². The van der Waals surface area contributed by atoms with Crippen molar-refractivity contribution in [2.45, 2.75) is 19.9 Å². The molecule has 0 aliphatic rings. The lowest BCUT2D eigenvalue weighted by Gasteiger charge is -2.04. The first-order chi connectivity index (χ1) is 14.0. The average molecular weight is 430 g/mol. The highest BCUT2D eigenvalue weighted by Gasteiger charge is 2.11. The summed E-state index contributed by atoms with van der Waals surface area (Å²) in [6, 6.07) is 11.0. The number of furan rings is 1. The van der Waals surface area contributed by atoms with Crippen LogP contribution in [0.5, 0.6) is 0 Å². The van der Waals surface area contributed by atoms with Crippen molar-refractivity contribution in [3.63, 3.8) is 0 Å². The molecule has 6 nitrogen and oxygen atoms in total. The molecular weight excluding hydrogens is 410 g/mol. The summed E-state index contributed by atoms with van der Waals surface area (Å²) in [5.74, 6) is 0.160. The molecule has 0 fully saturated rings. The van der Waals surface area contributed by atoms with Crippen molar-refractivity contribution in [3.05, 3.63) is 69.4 Å². The predicted molar refractivity (Wildman–Crippen MR) is 115 cm³/mol. The molecule has 2 N–H and O–H groups in total. The number of aromatic nitrogens is 1. The summed E-state index contributed by atoms with van der Waals surface area (Å²) in [7, 11) is 0. The topological polar surface area (TPSA) is 84.2 Å². The number of thiazole rings is 1. The molecule has 2 heterocycles. The lowest BCUT2D eigenvalue weighted by atomic mass is 10.1. The molecule has 150 valence electrons. The van der Waals surface area contributed by atoms with Crippen LogP contribution in [0, 0.1) is 6.92 Å². The van der Waals surface area contributed by atoms with Gasteiger partial charge in [-0.05, 0) is 37.3 Å². The number of carbonyl (C=O) groups excluding carboxylic acids is 2. The van der Waals surface area contributed by atoms with E-state index in [0.29, 0.717) is 17.3 Å². The lowest BCUT2D eigenvalue weighted by molar-refractivity contribution is -0.121. The molecule has 0 bridgehead atoms. The summed E-state index contributed by atoms with van der Waals surface area (Å²) in [5.41, 5.74) is 1.89. The van der Waals surface area contributed by atoms with E-state index >= 15 is 0 Å². The molecular formula is C21H20ClN3O3S.